The molecule has 1 N–H and O–H groups in total. The maximum atomic E-state index is 12.8. The fourth-order valence-electron chi connectivity index (χ4n) is 3.54. The van der Waals surface area contributed by atoms with Gasteiger partial charge in [-0.25, -0.2) is 9.97 Å². The Kier molecular flexibility index (Phi) is 4.82. The minimum atomic E-state index is -0.215. The van der Waals surface area contributed by atoms with Gasteiger partial charge < -0.3 is 10.2 Å². The molecule has 0 bridgehead atoms. The van der Waals surface area contributed by atoms with E-state index in [1.807, 2.05) is 32.0 Å². The predicted molar refractivity (Wildman–Crippen MR) is 112 cm³/mol. The quantitative estimate of drug-likeness (QED) is 0.748. The Morgan fingerprint density at radius 1 is 0.964 bits per heavy atom. The zero-order chi connectivity index (χ0) is 19.7. The molecular weight excluding hydrogens is 348 g/mol. The number of nitrogens with one attached hydrogen (secondary N) is 1. The van der Waals surface area contributed by atoms with Gasteiger partial charge in [-0.05, 0) is 61.6 Å². The number of anilines is 2. The number of nitrogens with zero attached hydrogens (tertiary/aromatic N) is 3. The van der Waals surface area contributed by atoms with Gasteiger partial charge in [-0.1, -0.05) is 30.3 Å². The topological polar surface area (TPSA) is 58.1 Å². The van der Waals surface area contributed by atoms with Crippen molar-refractivity contribution in [2.24, 2.45) is 0 Å². The molecule has 0 atom stereocenters. The van der Waals surface area contributed by atoms with Gasteiger partial charge >= 0.3 is 0 Å². The summed E-state index contributed by atoms with van der Waals surface area (Å²) < 4.78 is 0. The van der Waals surface area contributed by atoms with Gasteiger partial charge in [0, 0.05) is 24.8 Å². The van der Waals surface area contributed by atoms with Crippen molar-refractivity contribution >= 4 is 17.4 Å². The van der Waals surface area contributed by atoms with E-state index in [1.165, 1.54) is 16.7 Å². The average molecular weight is 372 g/mol. The molecule has 1 aromatic heterocycles. The van der Waals surface area contributed by atoms with E-state index in [-0.39, 0.29) is 5.91 Å². The molecule has 0 saturated carbocycles. The van der Waals surface area contributed by atoms with Crippen LogP contribution in [0.15, 0.2) is 48.5 Å². The second-order valence-corrected chi connectivity index (χ2v) is 7.35. The Bertz CT molecular complexity index is 1040. The van der Waals surface area contributed by atoms with E-state index in [4.69, 9.17) is 0 Å². The van der Waals surface area contributed by atoms with Crippen molar-refractivity contribution in [3.63, 3.8) is 0 Å². The lowest BCUT2D eigenvalue weighted by atomic mass is 10.00. The molecule has 0 saturated heterocycles. The maximum Gasteiger partial charge on any atom is 0.274 e. The molecule has 5 nitrogen and oxygen atoms in total. The zero-order valence-corrected chi connectivity index (χ0v) is 16.5. The van der Waals surface area contributed by atoms with E-state index >= 15 is 0 Å². The molecular formula is C23H24N4O. The number of hydrogen-bond acceptors (Lipinski definition) is 4. The number of hydrogen-bond donors (Lipinski definition) is 1. The van der Waals surface area contributed by atoms with Crippen LogP contribution in [0.1, 0.15) is 38.6 Å². The van der Waals surface area contributed by atoms with Gasteiger partial charge in [0.1, 0.15) is 17.3 Å². The molecule has 1 amide bonds. The number of aromatic nitrogens is 2. The SMILES string of the molecule is Cc1nc(C(=O)Nc2ccc(C)c(C)c2)cc(N2CCc3ccccc3C2)n1. The smallest absolute Gasteiger partial charge is 0.274 e. The number of rotatable bonds is 3. The zero-order valence-electron chi connectivity index (χ0n) is 16.5. The van der Waals surface area contributed by atoms with Gasteiger partial charge in [0.15, 0.2) is 0 Å². The van der Waals surface area contributed by atoms with Crippen LogP contribution < -0.4 is 10.2 Å². The van der Waals surface area contributed by atoms with Gasteiger partial charge in [-0.3, -0.25) is 4.79 Å². The molecule has 0 aliphatic carbocycles. The molecule has 28 heavy (non-hydrogen) atoms. The molecule has 2 heterocycles. The summed E-state index contributed by atoms with van der Waals surface area (Å²) in [5, 5.41) is 2.95. The Balaban J connectivity index is 1.57. The first-order chi connectivity index (χ1) is 13.5. The summed E-state index contributed by atoms with van der Waals surface area (Å²) in [6.45, 7) is 7.59. The second kappa shape index (κ2) is 7.43. The van der Waals surface area contributed by atoms with Crippen molar-refractivity contribution in [1.82, 2.24) is 9.97 Å². The van der Waals surface area contributed by atoms with Crippen molar-refractivity contribution in [2.75, 3.05) is 16.8 Å². The molecule has 0 unspecified atom stereocenters. The molecule has 0 radical (unpaired) electrons. The van der Waals surface area contributed by atoms with Gasteiger partial charge in [-0.15, -0.1) is 0 Å². The van der Waals surface area contributed by atoms with Crippen LogP contribution in [0, 0.1) is 20.8 Å². The molecule has 4 rings (SSSR count). The van der Waals surface area contributed by atoms with Crippen molar-refractivity contribution in [3.8, 4) is 0 Å². The molecule has 5 heteroatoms. The summed E-state index contributed by atoms with van der Waals surface area (Å²) in [6, 6.07) is 16.2. The lowest BCUT2D eigenvalue weighted by molar-refractivity contribution is 0.102. The third-order valence-electron chi connectivity index (χ3n) is 5.28. The number of carbonyl (C=O) groups excluding carboxylic acids is 1. The summed E-state index contributed by atoms with van der Waals surface area (Å²) >= 11 is 0. The molecule has 3 aromatic rings. The third kappa shape index (κ3) is 3.74. The summed E-state index contributed by atoms with van der Waals surface area (Å²) in [5.41, 5.74) is 6.20. The summed E-state index contributed by atoms with van der Waals surface area (Å²) in [6.07, 6.45) is 0.976. The molecule has 142 valence electrons. The van der Waals surface area contributed by atoms with E-state index in [0.717, 1.165) is 36.6 Å². The molecule has 0 spiro atoms. The number of carbonyl (C=O) groups is 1. The lowest BCUT2D eigenvalue weighted by Gasteiger charge is -2.30. The van der Waals surface area contributed by atoms with Crippen molar-refractivity contribution in [3.05, 3.63) is 82.3 Å². The van der Waals surface area contributed by atoms with Crippen LogP contribution in [0.3, 0.4) is 0 Å². The van der Waals surface area contributed by atoms with E-state index in [2.05, 4.69) is 51.4 Å². The highest BCUT2D eigenvalue weighted by atomic mass is 16.1. The Morgan fingerprint density at radius 2 is 1.75 bits per heavy atom. The van der Waals surface area contributed by atoms with Crippen LogP contribution in [0.4, 0.5) is 11.5 Å². The minimum absolute atomic E-state index is 0.215. The first-order valence-electron chi connectivity index (χ1n) is 9.55. The van der Waals surface area contributed by atoms with Crippen LogP contribution in [0.2, 0.25) is 0 Å². The normalized spacial score (nSPS) is 13.2. The standard InChI is InChI=1S/C23H24N4O/c1-15-8-9-20(12-16(15)2)26-23(28)21-13-22(25-17(3)24-21)27-11-10-18-6-4-5-7-19(18)14-27/h4-9,12-13H,10-11,14H2,1-3H3,(H,26,28). The van der Waals surface area contributed by atoms with Crippen LogP contribution in [0.25, 0.3) is 0 Å². The monoisotopic (exact) mass is 372 g/mol. The number of aryl methyl sites for hydroxylation is 3. The van der Waals surface area contributed by atoms with Crippen molar-refractivity contribution in [1.29, 1.82) is 0 Å². The molecule has 1 aliphatic rings. The van der Waals surface area contributed by atoms with Crippen molar-refractivity contribution < 1.29 is 4.79 Å². The largest absolute Gasteiger partial charge is 0.352 e. The van der Waals surface area contributed by atoms with Gasteiger partial charge in [-0.2, -0.15) is 0 Å². The van der Waals surface area contributed by atoms with Crippen LogP contribution in [-0.4, -0.2) is 22.4 Å². The number of amides is 1. The number of benzene rings is 2. The fourth-order valence-corrected chi connectivity index (χ4v) is 3.54. The van der Waals surface area contributed by atoms with Gasteiger partial charge in [0.25, 0.3) is 5.91 Å². The predicted octanol–water partition coefficient (Wildman–Crippen LogP) is 4.22. The number of fused-ring (bicyclic) bond motifs is 1. The average Bonchev–Trinajstić information content (AvgIpc) is 2.70. The van der Waals surface area contributed by atoms with Crippen molar-refractivity contribution in [2.45, 2.75) is 33.7 Å². The van der Waals surface area contributed by atoms with E-state index < -0.39 is 0 Å². The highest BCUT2D eigenvalue weighted by Crippen LogP contribution is 2.24. The summed E-state index contributed by atoms with van der Waals surface area (Å²) in [7, 11) is 0. The Labute approximate surface area is 165 Å². The van der Waals surface area contributed by atoms with E-state index in [1.54, 1.807) is 6.07 Å². The molecule has 1 aliphatic heterocycles. The van der Waals surface area contributed by atoms with Crippen LogP contribution >= 0.6 is 0 Å². The maximum absolute atomic E-state index is 12.8. The summed E-state index contributed by atoms with van der Waals surface area (Å²) in [4.78, 5) is 23.9. The second-order valence-electron chi connectivity index (χ2n) is 7.35. The highest BCUT2D eigenvalue weighted by molar-refractivity contribution is 6.03. The fraction of sp³-hybridized carbons (Fsp3) is 0.261. The van der Waals surface area contributed by atoms with Crippen LogP contribution in [0.5, 0.6) is 0 Å². The summed E-state index contributed by atoms with van der Waals surface area (Å²) in [5.74, 6) is 1.18. The minimum Gasteiger partial charge on any atom is -0.352 e. The van der Waals surface area contributed by atoms with E-state index in [9.17, 15) is 4.79 Å². The Morgan fingerprint density at radius 3 is 2.54 bits per heavy atom. The molecule has 0 fully saturated rings. The third-order valence-corrected chi connectivity index (χ3v) is 5.28. The van der Waals surface area contributed by atoms with Gasteiger partial charge in [0.05, 0.1) is 0 Å². The van der Waals surface area contributed by atoms with Crippen LogP contribution in [-0.2, 0) is 13.0 Å². The first kappa shape index (κ1) is 18.2. The van der Waals surface area contributed by atoms with E-state index in [0.29, 0.717) is 11.5 Å². The first-order valence-corrected chi connectivity index (χ1v) is 9.55. The lowest BCUT2D eigenvalue weighted by Crippen LogP contribution is -2.31. The molecule has 2 aromatic carbocycles. The Hall–Kier alpha value is -3.21. The van der Waals surface area contributed by atoms with Gasteiger partial charge in [0.2, 0.25) is 0 Å². The highest BCUT2D eigenvalue weighted by Gasteiger charge is 2.19.